The summed E-state index contributed by atoms with van der Waals surface area (Å²) in [6.07, 6.45) is 5.80. The fourth-order valence-electron chi connectivity index (χ4n) is 3.75. The summed E-state index contributed by atoms with van der Waals surface area (Å²) < 4.78 is 2.01. The number of fused-ring (bicyclic) bond motifs is 1. The van der Waals surface area contributed by atoms with Crippen LogP contribution in [-0.2, 0) is 6.42 Å². The number of ketones is 1. The van der Waals surface area contributed by atoms with E-state index in [2.05, 4.69) is 20.3 Å². The fraction of sp³-hybridized carbons (Fsp3) is 0.120. The predicted molar refractivity (Wildman–Crippen MR) is 133 cm³/mol. The Morgan fingerprint density at radius 2 is 1.97 bits per heavy atom. The van der Waals surface area contributed by atoms with Crippen LogP contribution in [0.5, 0.6) is 0 Å². The van der Waals surface area contributed by atoms with Gasteiger partial charge in [-0.15, -0.1) is 0 Å². The predicted octanol–water partition coefficient (Wildman–Crippen LogP) is 6.29. The molecule has 164 valence electrons. The first-order valence-corrected chi connectivity index (χ1v) is 11.6. The number of rotatable bonds is 6. The second kappa shape index (κ2) is 8.77. The number of carbonyl (C=O) groups is 1. The van der Waals surface area contributed by atoms with Crippen LogP contribution in [0.2, 0.25) is 5.02 Å². The Hall–Kier alpha value is -3.55. The summed E-state index contributed by atoms with van der Waals surface area (Å²) >= 11 is 7.64. The van der Waals surface area contributed by atoms with Gasteiger partial charge in [-0.25, -0.2) is 9.97 Å². The third kappa shape index (κ3) is 4.37. The molecule has 5 rings (SSSR count). The van der Waals surface area contributed by atoms with Crippen molar-refractivity contribution in [2.75, 3.05) is 5.32 Å². The van der Waals surface area contributed by atoms with Crippen molar-refractivity contribution in [1.29, 1.82) is 0 Å². The van der Waals surface area contributed by atoms with Crippen LogP contribution in [0.3, 0.4) is 0 Å². The van der Waals surface area contributed by atoms with Gasteiger partial charge in [0.15, 0.2) is 10.9 Å². The highest BCUT2D eigenvalue weighted by molar-refractivity contribution is 7.18. The Morgan fingerprint density at radius 3 is 2.82 bits per heavy atom. The topological polar surface area (TPSA) is 72.2 Å². The van der Waals surface area contributed by atoms with Gasteiger partial charge in [-0.05, 0) is 43.7 Å². The van der Waals surface area contributed by atoms with Crippen molar-refractivity contribution in [3.63, 3.8) is 0 Å². The number of Topliss-reactive ketones (excluding diaryl/α,β-unsaturated/α-hetero) is 1. The van der Waals surface area contributed by atoms with Crippen LogP contribution in [0.15, 0.2) is 67.1 Å². The average molecular weight is 474 g/mol. The molecule has 33 heavy (non-hydrogen) atoms. The van der Waals surface area contributed by atoms with Gasteiger partial charge in [0, 0.05) is 53.0 Å². The first kappa shape index (κ1) is 21.3. The second-order valence-corrected chi connectivity index (χ2v) is 9.17. The zero-order valence-electron chi connectivity index (χ0n) is 18.0. The molecule has 4 aromatic heterocycles. The molecular formula is C25H20ClN5OS. The molecule has 0 atom stereocenters. The molecule has 0 spiro atoms. The van der Waals surface area contributed by atoms with Crippen LogP contribution in [0.4, 0.5) is 10.8 Å². The largest absolute Gasteiger partial charge is 0.332 e. The van der Waals surface area contributed by atoms with E-state index in [0.29, 0.717) is 17.0 Å². The Balaban J connectivity index is 1.37. The first-order chi connectivity index (χ1) is 16.0. The van der Waals surface area contributed by atoms with Crippen LogP contribution >= 0.6 is 22.9 Å². The number of anilines is 2. The van der Waals surface area contributed by atoms with Crippen LogP contribution in [0.1, 0.15) is 27.3 Å². The normalized spacial score (nSPS) is 11.1. The molecule has 0 saturated heterocycles. The Bertz CT molecular complexity index is 1490. The standard InChI is InChI=1S/C25H20ClN5OS/c1-15-17(6-4-9-27-15)12-21(32)18-5-3-7-20(11-18)30-25-28-14-22(33-25)24-16(2)29-23-13-19(26)8-10-31(23)24/h3-11,13-14H,12H2,1-2H3,(H,28,30). The van der Waals surface area contributed by atoms with Crippen molar-refractivity contribution in [2.24, 2.45) is 0 Å². The Kier molecular flexibility index (Phi) is 5.66. The number of hydrogen-bond acceptors (Lipinski definition) is 6. The number of pyridine rings is 2. The van der Waals surface area contributed by atoms with E-state index in [1.807, 2.05) is 79.2 Å². The average Bonchev–Trinajstić information content (AvgIpc) is 3.38. The van der Waals surface area contributed by atoms with E-state index in [1.54, 1.807) is 6.20 Å². The van der Waals surface area contributed by atoms with Gasteiger partial charge in [0.05, 0.1) is 16.3 Å². The van der Waals surface area contributed by atoms with E-state index < -0.39 is 0 Å². The van der Waals surface area contributed by atoms with Crippen molar-refractivity contribution in [2.45, 2.75) is 20.3 Å². The van der Waals surface area contributed by atoms with Crippen LogP contribution < -0.4 is 5.32 Å². The second-order valence-electron chi connectivity index (χ2n) is 7.70. The van der Waals surface area contributed by atoms with Crippen molar-refractivity contribution in [3.05, 3.63) is 94.7 Å². The smallest absolute Gasteiger partial charge is 0.187 e. The van der Waals surface area contributed by atoms with E-state index in [9.17, 15) is 4.79 Å². The van der Waals surface area contributed by atoms with Gasteiger partial charge in [0.2, 0.25) is 0 Å². The maximum absolute atomic E-state index is 12.8. The highest BCUT2D eigenvalue weighted by atomic mass is 35.5. The quantitative estimate of drug-likeness (QED) is 0.293. The molecule has 8 heteroatoms. The third-order valence-electron chi connectivity index (χ3n) is 5.40. The van der Waals surface area contributed by atoms with Crippen LogP contribution in [-0.4, -0.2) is 25.1 Å². The number of aryl methyl sites for hydroxylation is 2. The van der Waals surface area contributed by atoms with Gasteiger partial charge in [-0.3, -0.25) is 14.2 Å². The molecule has 0 amide bonds. The minimum absolute atomic E-state index is 0.0505. The number of aromatic nitrogens is 4. The molecule has 0 aliphatic carbocycles. The molecule has 1 aromatic carbocycles. The number of nitrogens with zero attached hydrogens (tertiary/aromatic N) is 4. The first-order valence-electron chi connectivity index (χ1n) is 10.4. The summed E-state index contributed by atoms with van der Waals surface area (Å²) in [5.41, 5.74) is 5.97. The minimum Gasteiger partial charge on any atom is -0.332 e. The Morgan fingerprint density at radius 1 is 1.09 bits per heavy atom. The lowest BCUT2D eigenvalue weighted by molar-refractivity contribution is 0.0992. The summed E-state index contributed by atoms with van der Waals surface area (Å²) in [7, 11) is 0. The lowest BCUT2D eigenvalue weighted by atomic mass is 10.0. The van der Waals surface area contributed by atoms with Crippen LogP contribution in [0, 0.1) is 13.8 Å². The van der Waals surface area contributed by atoms with Gasteiger partial charge in [-0.1, -0.05) is 41.1 Å². The minimum atomic E-state index is 0.0505. The van der Waals surface area contributed by atoms with Crippen LogP contribution in [0.25, 0.3) is 16.2 Å². The van der Waals surface area contributed by atoms with E-state index in [4.69, 9.17) is 11.6 Å². The SMILES string of the molecule is Cc1ncccc1CC(=O)c1cccc(Nc2ncc(-c3c(C)nc4cc(Cl)ccn34)s2)c1. The fourth-order valence-corrected chi connectivity index (χ4v) is 4.83. The molecule has 5 aromatic rings. The lowest BCUT2D eigenvalue weighted by Crippen LogP contribution is -2.06. The zero-order chi connectivity index (χ0) is 22.9. The van der Waals surface area contributed by atoms with E-state index >= 15 is 0 Å². The van der Waals surface area contributed by atoms with Crippen molar-refractivity contribution in [3.8, 4) is 10.6 Å². The molecular weight excluding hydrogens is 454 g/mol. The lowest BCUT2D eigenvalue weighted by Gasteiger charge is -2.07. The molecule has 0 aliphatic heterocycles. The molecule has 0 saturated carbocycles. The molecule has 6 nitrogen and oxygen atoms in total. The molecule has 1 N–H and O–H groups in total. The maximum Gasteiger partial charge on any atom is 0.187 e. The molecule has 4 heterocycles. The number of imidazole rings is 1. The monoisotopic (exact) mass is 473 g/mol. The zero-order valence-corrected chi connectivity index (χ0v) is 19.6. The van der Waals surface area contributed by atoms with Gasteiger partial charge in [-0.2, -0.15) is 0 Å². The van der Waals surface area contributed by atoms with Gasteiger partial charge < -0.3 is 5.32 Å². The molecule has 0 fully saturated rings. The molecule has 0 aliphatic rings. The number of hydrogen-bond donors (Lipinski definition) is 1. The molecule has 0 radical (unpaired) electrons. The van der Waals surface area contributed by atoms with Crippen molar-refractivity contribution in [1.82, 2.24) is 19.4 Å². The number of nitrogens with one attached hydrogen (secondary N) is 1. The summed E-state index contributed by atoms with van der Waals surface area (Å²) in [5.74, 6) is 0.0505. The number of benzene rings is 1. The van der Waals surface area contributed by atoms with E-state index in [0.717, 1.165) is 44.0 Å². The van der Waals surface area contributed by atoms with Crippen molar-refractivity contribution < 1.29 is 4.79 Å². The molecule has 0 bridgehead atoms. The van der Waals surface area contributed by atoms with Gasteiger partial charge in [0.25, 0.3) is 0 Å². The van der Waals surface area contributed by atoms with Gasteiger partial charge >= 0.3 is 0 Å². The highest BCUT2D eigenvalue weighted by Gasteiger charge is 2.15. The van der Waals surface area contributed by atoms with E-state index in [1.165, 1.54) is 11.3 Å². The summed E-state index contributed by atoms with van der Waals surface area (Å²) in [6.45, 7) is 3.89. The van der Waals surface area contributed by atoms with E-state index in [-0.39, 0.29) is 5.78 Å². The summed E-state index contributed by atoms with van der Waals surface area (Å²) in [6, 6.07) is 15.0. The number of halogens is 1. The van der Waals surface area contributed by atoms with Crippen molar-refractivity contribution >= 4 is 45.2 Å². The highest BCUT2D eigenvalue weighted by Crippen LogP contribution is 2.33. The third-order valence-corrected chi connectivity index (χ3v) is 6.56. The molecule has 0 unspecified atom stereocenters. The summed E-state index contributed by atoms with van der Waals surface area (Å²) in [5, 5.41) is 4.71. The Labute approximate surface area is 199 Å². The van der Waals surface area contributed by atoms with Gasteiger partial charge in [0.1, 0.15) is 5.65 Å². The number of thiazole rings is 1. The number of carbonyl (C=O) groups excluding carboxylic acids is 1. The maximum atomic E-state index is 12.8. The summed E-state index contributed by atoms with van der Waals surface area (Å²) in [4.78, 5) is 27.2.